The molecule has 1 aromatic rings. The first-order chi connectivity index (χ1) is 5.83. The molecule has 64 valence electrons. The Morgan fingerprint density at radius 2 is 2.42 bits per heavy atom. The van der Waals surface area contributed by atoms with Crippen LogP contribution in [-0.4, -0.2) is 10.7 Å². The highest BCUT2D eigenvalue weighted by atomic mass is 32.1. The lowest BCUT2D eigenvalue weighted by Crippen LogP contribution is -2.01. The van der Waals surface area contributed by atoms with E-state index in [1.54, 1.807) is 12.3 Å². The first-order valence-corrected chi connectivity index (χ1v) is 4.42. The molecule has 1 heterocycles. The van der Waals surface area contributed by atoms with Gasteiger partial charge in [0.05, 0.1) is 0 Å². The summed E-state index contributed by atoms with van der Waals surface area (Å²) in [5.74, 6) is 0.833. The van der Waals surface area contributed by atoms with Gasteiger partial charge in [0.2, 0.25) is 5.56 Å². The molecular formula is C9H11NOS. The van der Waals surface area contributed by atoms with E-state index in [1.165, 1.54) is 0 Å². The van der Waals surface area contributed by atoms with Gasteiger partial charge >= 0.3 is 0 Å². The van der Waals surface area contributed by atoms with Crippen LogP contribution >= 0.6 is 12.6 Å². The molecule has 0 aromatic carbocycles. The molecule has 0 saturated heterocycles. The molecule has 0 saturated carbocycles. The van der Waals surface area contributed by atoms with Gasteiger partial charge in [0.15, 0.2) is 0 Å². The Labute approximate surface area is 76.7 Å². The number of allylic oxidation sites excluding steroid dienone is 1. The smallest absolute Gasteiger partial charge is 0.248 e. The van der Waals surface area contributed by atoms with Gasteiger partial charge in [0, 0.05) is 12.3 Å². The Kier molecular flexibility index (Phi) is 3.67. The first kappa shape index (κ1) is 9.13. The Morgan fingerprint density at radius 1 is 1.58 bits per heavy atom. The van der Waals surface area contributed by atoms with Crippen LogP contribution in [0.4, 0.5) is 0 Å². The van der Waals surface area contributed by atoms with E-state index in [0.29, 0.717) is 0 Å². The maximum atomic E-state index is 10.8. The van der Waals surface area contributed by atoms with E-state index in [9.17, 15) is 4.79 Å². The van der Waals surface area contributed by atoms with Crippen LogP contribution in [-0.2, 0) is 0 Å². The van der Waals surface area contributed by atoms with E-state index in [0.717, 1.165) is 17.7 Å². The van der Waals surface area contributed by atoms with Crippen LogP contribution in [0.1, 0.15) is 12.0 Å². The number of rotatable bonds is 3. The summed E-state index contributed by atoms with van der Waals surface area (Å²) in [7, 11) is 0. The monoisotopic (exact) mass is 181 g/mol. The summed E-state index contributed by atoms with van der Waals surface area (Å²) in [4.78, 5) is 13.4. The highest BCUT2D eigenvalue weighted by Gasteiger charge is 1.85. The Hall–Kier alpha value is -0.960. The van der Waals surface area contributed by atoms with Crippen molar-refractivity contribution in [2.24, 2.45) is 0 Å². The summed E-state index contributed by atoms with van der Waals surface area (Å²) in [5, 5.41) is 0. The first-order valence-electron chi connectivity index (χ1n) is 3.79. The fourth-order valence-electron chi connectivity index (χ4n) is 0.859. The van der Waals surface area contributed by atoms with Crippen LogP contribution in [0.2, 0.25) is 0 Å². The minimum absolute atomic E-state index is 0.0666. The number of hydrogen-bond acceptors (Lipinski definition) is 2. The predicted molar refractivity (Wildman–Crippen MR) is 54.6 cm³/mol. The molecule has 0 radical (unpaired) electrons. The second-order valence-corrected chi connectivity index (χ2v) is 2.85. The van der Waals surface area contributed by atoms with Crippen LogP contribution in [0.25, 0.3) is 6.08 Å². The van der Waals surface area contributed by atoms with Crippen molar-refractivity contribution in [3.63, 3.8) is 0 Å². The van der Waals surface area contributed by atoms with Crippen molar-refractivity contribution in [2.75, 3.05) is 5.75 Å². The van der Waals surface area contributed by atoms with Gasteiger partial charge in [0.25, 0.3) is 0 Å². The lowest BCUT2D eigenvalue weighted by Gasteiger charge is -1.89. The predicted octanol–water partition coefficient (Wildman–Crippen LogP) is 1.71. The molecule has 0 atom stereocenters. The fraction of sp³-hybridized carbons (Fsp3) is 0.222. The van der Waals surface area contributed by atoms with E-state index < -0.39 is 0 Å². The number of aromatic nitrogens is 1. The van der Waals surface area contributed by atoms with E-state index in [-0.39, 0.29) is 5.56 Å². The molecule has 0 amide bonds. The second-order valence-electron chi connectivity index (χ2n) is 2.40. The lowest BCUT2D eigenvalue weighted by molar-refractivity contribution is 1.23. The van der Waals surface area contributed by atoms with Crippen molar-refractivity contribution in [2.45, 2.75) is 6.42 Å². The molecule has 1 N–H and O–H groups in total. The standard InChI is InChI=1S/C9H11NOS/c11-9-7-8(4-5-10-9)3-1-2-6-12/h1,3-5,7,12H,2,6H2,(H,10,11). The van der Waals surface area contributed by atoms with Gasteiger partial charge in [-0.15, -0.1) is 0 Å². The Balaban J connectivity index is 2.69. The molecular weight excluding hydrogens is 170 g/mol. The molecule has 0 bridgehead atoms. The highest BCUT2D eigenvalue weighted by Crippen LogP contribution is 1.98. The fourth-order valence-corrected chi connectivity index (χ4v) is 1.01. The van der Waals surface area contributed by atoms with Gasteiger partial charge < -0.3 is 4.98 Å². The highest BCUT2D eigenvalue weighted by molar-refractivity contribution is 7.80. The van der Waals surface area contributed by atoms with Crippen molar-refractivity contribution in [1.82, 2.24) is 4.98 Å². The molecule has 0 aliphatic carbocycles. The minimum atomic E-state index is -0.0666. The Bertz CT molecular complexity index is 316. The Morgan fingerprint density at radius 3 is 3.08 bits per heavy atom. The van der Waals surface area contributed by atoms with Crippen molar-refractivity contribution in [1.29, 1.82) is 0 Å². The molecule has 1 rings (SSSR count). The maximum absolute atomic E-state index is 10.8. The van der Waals surface area contributed by atoms with Crippen LogP contribution in [0.15, 0.2) is 29.2 Å². The number of pyridine rings is 1. The largest absolute Gasteiger partial charge is 0.329 e. The quantitative estimate of drug-likeness (QED) is 0.684. The number of hydrogen-bond donors (Lipinski definition) is 2. The van der Waals surface area contributed by atoms with Crippen molar-refractivity contribution < 1.29 is 0 Å². The molecule has 0 unspecified atom stereocenters. The number of thiol groups is 1. The minimum Gasteiger partial charge on any atom is -0.329 e. The van der Waals surface area contributed by atoms with Crippen molar-refractivity contribution >= 4 is 18.7 Å². The molecule has 0 fully saturated rings. The van der Waals surface area contributed by atoms with Gasteiger partial charge in [0.1, 0.15) is 0 Å². The van der Waals surface area contributed by atoms with Gasteiger partial charge in [-0.3, -0.25) is 4.79 Å². The van der Waals surface area contributed by atoms with Crippen molar-refractivity contribution in [3.8, 4) is 0 Å². The molecule has 12 heavy (non-hydrogen) atoms. The van der Waals surface area contributed by atoms with Crippen LogP contribution < -0.4 is 5.56 Å². The molecule has 2 nitrogen and oxygen atoms in total. The number of nitrogens with one attached hydrogen (secondary N) is 1. The summed E-state index contributed by atoms with van der Waals surface area (Å²) in [6.45, 7) is 0. The van der Waals surface area contributed by atoms with E-state index >= 15 is 0 Å². The molecule has 1 aromatic heterocycles. The zero-order valence-electron chi connectivity index (χ0n) is 6.66. The van der Waals surface area contributed by atoms with E-state index in [4.69, 9.17) is 0 Å². The summed E-state index contributed by atoms with van der Waals surface area (Å²) in [5.41, 5.74) is 0.864. The third-order valence-corrected chi connectivity index (χ3v) is 1.66. The van der Waals surface area contributed by atoms with Gasteiger partial charge in [-0.25, -0.2) is 0 Å². The maximum Gasteiger partial charge on any atom is 0.248 e. The summed E-state index contributed by atoms with van der Waals surface area (Å²) in [6, 6.07) is 3.42. The van der Waals surface area contributed by atoms with E-state index in [1.807, 2.05) is 18.2 Å². The van der Waals surface area contributed by atoms with Crippen LogP contribution in [0.5, 0.6) is 0 Å². The zero-order chi connectivity index (χ0) is 8.81. The molecule has 3 heteroatoms. The molecule has 0 aliphatic rings. The summed E-state index contributed by atoms with van der Waals surface area (Å²) in [6.07, 6.45) is 6.49. The second kappa shape index (κ2) is 4.83. The summed E-state index contributed by atoms with van der Waals surface area (Å²) >= 11 is 4.07. The zero-order valence-corrected chi connectivity index (χ0v) is 7.55. The third-order valence-electron chi connectivity index (χ3n) is 1.41. The average Bonchev–Trinajstić information content (AvgIpc) is 2.05. The van der Waals surface area contributed by atoms with Crippen molar-refractivity contribution in [3.05, 3.63) is 40.3 Å². The number of H-pyrrole nitrogens is 1. The van der Waals surface area contributed by atoms with Gasteiger partial charge in [-0.2, -0.15) is 12.6 Å². The lowest BCUT2D eigenvalue weighted by atomic mass is 10.2. The third kappa shape index (κ3) is 2.96. The SMILES string of the molecule is O=c1cc(C=CCCS)cc[nH]1. The van der Waals surface area contributed by atoms with Gasteiger partial charge in [-0.05, 0) is 23.8 Å². The topological polar surface area (TPSA) is 32.9 Å². The molecule has 0 spiro atoms. The van der Waals surface area contributed by atoms with E-state index in [2.05, 4.69) is 17.6 Å². The molecule has 0 aliphatic heterocycles. The average molecular weight is 181 g/mol. The summed E-state index contributed by atoms with van der Waals surface area (Å²) < 4.78 is 0. The van der Waals surface area contributed by atoms with Crippen LogP contribution in [0, 0.1) is 0 Å². The van der Waals surface area contributed by atoms with Crippen LogP contribution in [0.3, 0.4) is 0 Å². The van der Waals surface area contributed by atoms with Gasteiger partial charge in [-0.1, -0.05) is 12.2 Å². The number of aromatic amines is 1. The normalized spacial score (nSPS) is 10.8.